The number of benzene rings is 2. The number of carbonyl (C=O) groups excluding carboxylic acids is 1. The smallest absolute Gasteiger partial charge is 0.262 e. The van der Waals surface area contributed by atoms with Crippen molar-refractivity contribution < 1.29 is 9.90 Å². The lowest BCUT2D eigenvalue weighted by molar-refractivity contribution is -0.121. The van der Waals surface area contributed by atoms with Gasteiger partial charge in [0, 0.05) is 4.88 Å². The number of aromatic hydroxyl groups is 1. The second kappa shape index (κ2) is 8.07. The van der Waals surface area contributed by atoms with Crippen LogP contribution in [0.1, 0.15) is 5.56 Å². The topological polar surface area (TPSA) is 96.6 Å². The lowest BCUT2D eigenvalue weighted by Crippen LogP contribution is -2.29. The van der Waals surface area contributed by atoms with E-state index in [0.29, 0.717) is 10.2 Å². The number of hydrazone groups is 1. The maximum atomic E-state index is 12.7. The fourth-order valence-electron chi connectivity index (χ4n) is 2.75. The van der Waals surface area contributed by atoms with Crippen molar-refractivity contribution in [3.63, 3.8) is 0 Å². The van der Waals surface area contributed by atoms with E-state index in [-0.39, 0.29) is 17.9 Å². The molecule has 0 aliphatic carbocycles. The van der Waals surface area contributed by atoms with E-state index in [4.69, 9.17) is 0 Å². The van der Waals surface area contributed by atoms with Crippen molar-refractivity contribution in [2.45, 2.75) is 6.54 Å². The summed E-state index contributed by atoms with van der Waals surface area (Å²) in [5.41, 5.74) is 3.85. The van der Waals surface area contributed by atoms with Gasteiger partial charge < -0.3 is 5.11 Å². The Morgan fingerprint density at radius 2 is 1.93 bits per heavy atom. The van der Waals surface area contributed by atoms with E-state index in [1.165, 1.54) is 40.6 Å². The predicted molar refractivity (Wildman–Crippen MR) is 113 cm³/mol. The van der Waals surface area contributed by atoms with Crippen LogP contribution in [0.3, 0.4) is 0 Å². The van der Waals surface area contributed by atoms with Crippen molar-refractivity contribution in [3.05, 3.63) is 82.9 Å². The number of hydrogen-bond acceptors (Lipinski definition) is 6. The second-order valence-electron chi connectivity index (χ2n) is 6.26. The van der Waals surface area contributed by atoms with Crippen LogP contribution in [-0.4, -0.2) is 26.8 Å². The van der Waals surface area contributed by atoms with Crippen LogP contribution in [0.2, 0.25) is 0 Å². The Morgan fingerprint density at radius 3 is 2.69 bits per heavy atom. The molecule has 0 bridgehead atoms. The highest BCUT2D eigenvalue weighted by Gasteiger charge is 2.12. The molecule has 0 radical (unpaired) electrons. The second-order valence-corrected chi connectivity index (χ2v) is 7.29. The number of amides is 1. The third-order valence-corrected chi connectivity index (χ3v) is 5.28. The fraction of sp³-hybridized carbons (Fsp3) is 0.0476. The SMILES string of the molecule is O=C(Cn1cnc2sc(-c3ccccc3)cc2c1=O)N/N=C/c1ccc(O)cc1. The molecule has 0 spiro atoms. The Hall–Kier alpha value is -3.78. The lowest BCUT2D eigenvalue weighted by atomic mass is 10.2. The van der Waals surface area contributed by atoms with Crippen LogP contribution >= 0.6 is 11.3 Å². The van der Waals surface area contributed by atoms with Crippen LogP contribution < -0.4 is 11.0 Å². The Bertz CT molecular complexity index is 1240. The summed E-state index contributed by atoms with van der Waals surface area (Å²) in [5, 5.41) is 13.6. The molecular weight excluding hydrogens is 388 g/mol. The molecule has 0 saturated heterocycles. The van der Waals surface area contributed by atoms with Gasteiger partial charge in [0.25, 0.3) is 11.5 Å². The first kappa shape index (κ1) is 18.6. The zero-order chi connectivity index (χ0) is 20.2. The number of carbonyl (C=O) groups is 1. The molecule has 4 aromatic rings. The minimum atomic E-state index is -0.443. The normalized spacial score (nSPS) is 11.2. The molecule has 0 unspecified atom stereocenters. The summed E-state index contributed by atoms with van der Waals surface area (Å²) in [6.45, 7) is -0.189. The van der Waals surface area contributed by atoms with Gasteiger partial charge >= 0.3 is 0 Å². The Morgan fingerprint density at radius 1 is 1.17 bits per heavy atom. The first-order valence-electron chi connectivity index (χ1n) is 8.75. The third kappa shape index (κ3) is 4.22. The molecule has 0 aliphatic heterocycles. The Kier molecular flexibility index (Phi) is 5.17. The summed E-state index contributed by atoms with van der Waals surface area (Å²) in [6, 6.07) is 17.9. The van der Waals surface area contributed by atoms with Crippen LogP contribution in [0.5, 0.6) is 5.75 Å². The van der Waals surface area contributed by atoms with Gasteiger partial charge in [-0.05, 0) is 41.5 Å². The summed E-state index contributed by atoms with van der Waals surface area (Å²) < 4.78 is 1.26. The van der Waals surface area contributed by atoms with Gasteiger partial charge in [0.05, 0.1) is 17.9 Å². The molecular formula is C21H16N4O3S. The van der Waals surface area contributed by atoms with E-state index in [2.05, 4.69) is 15.5 Å². The average Bonchev–Trinajstić information content (AvgIpc) is 3.18. The molecule has 2 aromatic heterocycles. The molecule has 0 aliphatic rings. The number of aromatic nitrogens is 2. The summed E-state index contributed by atoms with van der Waals surface area (Å²) in [4.78, 5) is 30.7. The molecule has 7 nitrogen and oxygen atoms in total. The van der Waals surface area contributed by atoms with Crippen LogP contribution in [0, 0.1) is 0 Å². The highest BCUT2D eigenvalue weighted by Crippen LogP contribution is 2.30. The fourth-order valence-corrected chi connectivity index (χ4v) is 3.74. The highest BCUT2D eigenvalue weighted by atomic mass is 32.1. The molecule has 4 rings (SSSR count). The van der Waals surface area contributed by atoms with Gasteiger partial charge in [0.1, 0.15) is 17.1 Å². The van der Waals surface area contributed by atoms with Crippen molar-refractivity contribution in [2.24, 2.45) is 5.10 Å². The van der Waals surface area contributed by atoms with Crippen molar-refractivity contribution in [1.82, 2.24) is 15.0 Å². The maximum absolute atomic E-state index is 12.7. The summed E-state index contributed by atoms with van der Waals surface area (Å²) >= 11 is 1.44. The minimum absolute atomic E-state index is 0.150. The van der Waals surface area contributed by atoms with Crippen LogP contribution in [0.25, 0.3) is 20.7 Å². The van der Waals surface area contributed by atoms with Crippen LogP contribution in [0.4, 0.5) is 0 Å². The standard InChI is InChI=1S/C21H16N4O3S/c26-16-8-6-14(7-9-16)11-23-24-19(27)12-25-13-22-20-17(21(25)28)10-18(29-20)15-4-2-1-3-5-15/h1-11,13,26H,12H2,(H,24,27)/b23-11+. The Labute approximate surface area is 169 Å². The van der Waals surface area contributed by atoms with Crippen LogP contribution in [0.15, 0.2) is 76.9 Å². The number of hydrogen-bond donors (Lipinski definition) is 2. The van der Waals surface area contributed by atoms with E-state index in [9.17, 15) is 14.7 Å². The molecule has 0 fully saturated rings. The molecule has 8 heteroatoms. The van der Waals surface area contributed by atoms with Gasteiger partial charge in [-0.3, -0.25) is 14.2 Å². The molecule has 144 valence electrons. The molecule has 2 N–H and O–H groups in total. The zero-order valence-corrected chi connectivity index (χ0v) is 16.0. The summed E-state index contributed by atoms with van der Waals surface area (Å²) in [6.07, 6.45) is 2.83. The lowest BCUT2D eigenvalue weighted by Gasteiger charge is -2.03. The number of nitrogens with zero attached hydrogens (tertiary/aromatic N) is 3. The molecule has 0 atom stereocenters. The monoisotopic (exact) mass is 404 g/mol. The first-order chi connectivity index (χ1) is 14.1. The molecule has 1 amide bonds. The summed E-state index contributed by atoms with van der Waals surface area (Å²) in [5.74, 6) is -0.293. The number of thiophene rings is 1. The minimum Gasteiger partial charge on any atom is -0.508 e. The number of fused-ring (bicyclic) bond motifs is 1. The molecule has 0 saturated carbocycles. The quantitative estimate of drug-likeness (QED) is 0.395. The van der Waals surface area contributed by atoms with E-state index in [0.717, 1.165) is 16.0 Å². The van der Waals surface area contributed by atoms with Crippen molar-refractivity contribution >= 4 is 33.7 Å². The van der Waals surface area contributed by atoms with Crippen molar-refractivity contribution in [3.8, 4) is 16.2 Å². The number of phenols is 1. The van der Waals surface area contributed by atoms with Crippen LogP contribution in [-0.2, 0) is 11.3 Å². The van der Waals surface area contributed by atoms with Gasteiger partial charge in [-0.15, -0.1) is 11.3 Å². The van der Waals surface area contributed by atoms with E-state index in [1.54, 1.807) is 12.1 Å². The van der Waals surface area contributed by atoms with Gasteiger partial charge in [0.15, 0.2) is 0 Å². The maximum Gasteiger partial charge on any atom is 0.262 e. The highest BCUT2D eigenvalue weighted by molar-refractivity contribution is 7.21. The van der Waals surface area contributed by atoms with Gasteiger partial charge in [-0.25, -0.2) is 10.4 Å². The number of rotatable bonds is 5. The van der Waals surface area contributed by atoms with E-state index in [1.807, 2.05) is 36.4 Å². The van der Waals surface area contributed by atoms with Gasteiger partial charge in [-0.1, -0.05) is 30.3 Å². The van der Waals surface area contributed by atoms with Crippen molar-refractivity contribution in [1.29, 1.82) is 0 Å². The molecule has 2 aromatic carbocycles. The first-order valence-corrected chi connectivity index (χ1v) is 9.57. The number of phenolic OH excluding ortho intramolecular Hbond substituents is 1. The van der Waals surface area contributed by atoms with Gasteiger partial charge in [0.2, 0.25) is 0 Å². The third-order valence-electron chi connectivity index (χ3n) is 4.19. The van der Waals surface area contributed by atoms with E-state index >= 15 is 0 Å². The predicted octanol–water partition coefficient (Wildman–Crippen LogP) is 2.98. The van der Waals surface area contributed by atoms with E-state index < -0.39 is 5.91 Å². The largest absolute Gasteiger partial charge is 0.508 e. The zero-order valence-electron chi connectivity index (χ0n) is 15.1. The van der Waals surface area contributed by atoms with Gasteiger partial charge in [-0.2, -0.15) is 5.10 Å². The molecule has 29 heavy (non-hydrogen) atoms. The van der Waals surface area contributed by atoms with Crippen molar-refractivity contribution in [2.75, 3.05) is 0 Å². The molecule has 2 heterocycles. The number of nitrogens with one attached hydrogen (secondary N) is 1. The Balaban J connectivity index is 1.49. The average molecular weight is 404 g/mol. The summed E-state index contributed by atoms with van der Waals surface area (Å²) in [7, 11) is 0.